The third-order valence-electron chi connectivity index (χ3n) is 5.83. The monoisotopic (exact) mass is 456 g/mol. The molecule has 32 heavy (non-hydrogen) atoms. The van der Waals surface area contributed by atoms with Crippen molar-refractivity contribution in [1.29, 1.82) is 0 Å². The molecule has 2 aromatic carbocycles. The van der Waals surface area contributed by atoms with Crippen molar-refractivity contribution >= 4 is 11.7 Å². The first-order valence-electron chi connectivity index (χ1n) is 10.0. The predicted octanol–water partition coefficient (Wildman–Crippen LogP) is 4.49. The minimum atomic E-state index is -4.66. The van der Waals surface area contributed by atoms with Gasteiger partial charge in [0.05, 0.1) is 17.7 Å². The highest BCUT2D eigenvalue weighted by atomic mass is 19.4. The maximum absolute atomic E-state index is 13.7. The minimum Gasteiger partial charge on any atom is -0.481 e. The highest BCUT2D eigenvalue weighted by molar-refractivity contribution is 5.91. The Balaban J connectivity index is 1.59. The molecule has 3 N–H and O–H groups in total. The van der Waals surface area contributed by atoms with Crippen molar-refractivity contribution in [3.05, 3.63) is 58.7 Å². The number of fused-ring (bicyclic) bond motifs is 2. The Hall–Kier alpha value is -2.88. The van der Waals surface area contributed by atoms with Gasteiger partial charge in [-0.3, -0.25) is 0 Å². The maximum atomic E-state index is 13.7. The van der Waals surface area contributed by atoms with Gasteiger partial charge in [0.2, 0.25) is 0 Å². The fourth-order valence-corrected chi connectivity index (χ4v) is 4.23. The number of alkyl halides is 5. The number of urea groups is 1. The van der Waals surface area contributed by atoms with Gasteiger partial charge in [-0.1, -0.05) is 18.2 Å². The second kappa shape index (κ2) is 8.23. The summed E-state index contributed by atoms with van der Waals surface area (Å²) in [5, 5.41) is 15.1. The van der Waals surface area contributed by atoms with E-state index in [-0.39, 0.29) is 17.7 Å². The highest BCUT2D eigenvalue weighted by Gasteiger charge is 2.43. The summed E-state index contributed by atoms with van der Waals surface area (Å²) in [5.74, 6) is -0.324. The van der Waals surface area contributed by atoms with E-state index in [0.717, 1.165) is 23.3 Å². The van der Waals surface area contributed by atoms with Crippen molar-refractivity contribution in [3.63, 3.8) is 0 Å². The summed E-state index contributed by atoms with van der Waals surface area (Å²) < 4.78 is 71.9. The van der Waals surface area contributed by atoms with Crippen molar-refractivity contribution < 1.29 is 36.6 Å². The van der Waals surface area contributed by atoms with Crippen LogP contribution in [0.15, 0.2) is 36.4 Å². The Morgan fingerprint density at radius 2 is 1.91 bits per heavy atom. The molecule has 4 rings (SSSR count). The van der Waals surface area contributed by atoms with Gasteiger partial charge < -0.3 is 20.5 Å². The summed E-state index contributed by atoms with van der Waals surface area (Å²) in [4.78, 5) is 12.7. The number of carbonyl (C=O) groups is 1. The molecule has 2 aliphatic rings. The van der Waals surface area contributed by atoms with Gasteiger partial charge in [-0.25, -0.2) is 13.6 Å². The number of aliphatic hydroxyl groups is 1. The average Bonchev–Trinajstić information content (AvgIpc) is 3.13. The number of rotatable bonds is 4. The molecule has 1 aliphatic carbocycles. The molecule has 2 aromatic rings. The molecule has 0 unspecified atom stereocenters. The Labute approximate surface area is 180 Å². The summed E-state index contributed by atoms with van der Waals surface area (Å²) in [6.45, 7) is -2.55. The number of aliphatic hydroxyl groups excluding tert-OH is 1. The van der Waals surface area contributed by atoms with Crippen LogP contribution in [0.5, 0.6) is 5.75 Å². The second-order valence-corrected chi connectivity index (χ2v) is 8.16. The molecule has 0 fully saturated rings. The number of hydrogen-bond donors (Lipinski definition) is 3. The number of nitrogens with one attached hydrogen (secondary N) is 2. The molecule has 0 bridgehead atoms. The molecule has 2 atom stereocenters. The van der Waals surface area contributed by atoms with Crippen molar-refractivity contribution in [1.82, 2.24) is 5.32 Å². The SMILES string of the molecule is O=C(Nc1cccc2c1C[C@@H](O)C2)N[C@@H]1CC(CF)(CF)Oc2cc(C(F)(F)F)ccc21. The molecule has 0 radical (unpaired) electrons. The lowest BCUT2D eigenvalue weighted by Gasteiger charge is -2.39. The van der Waals surface area contributed by atoms with Gasteiger partial charge in [-0.2, -0.15) is 13.2 Å². The van der Waals surface area contributed by atoms with Crippen LogP contribution in [0.3, 0.4) is 0 Å². The average molecular weight is 456 g/mol. The number of anilines is 1. The van der Waals surface area contributed by atoms with Crippen LogP contribution in [0.1, 0.15) is 34.7 Å². The molecule has 10 heteroatoms. The van der Waals surface area contributed by atoms with E-state index < -0.39 is 48.9 Å². The first-order chi connectivity index (χ1) is 15.1. The smallest absolute Gasteiger partial charge is 0.416 e. The van der Waals surface area contributed by atoms with E-state index in [0.29, 0.717) is 24.6 Å². The van der Waals surface area contributed by atoms with E-state index in [1.165, 1.54) is 0 Å². The molecule has 0 saturated carbocycles. The van der Waals surface area contributed by atoms with Crippen LogP contribution in [0, 0.1) is 0 Å². The summed E-state index contributed by atoms with van der Waals surface area (Å²) >= 11 is 0. The Morgan fingerprint density at radius 3 is 2.59 bits per heavy atom. The number of benzene rings is 2. The van der Waals surface area contributed by atoms with Gasteiger partial charge in [0.25, 0.3) is 0 Å². The minimum absolute atomic E-state index is 0.194. The van der Waals surface area contributed by atoms with E-state index >= 15 is 0 Å². The number of hydrogen-bond acceptors (Lipinski definition) is 3. The van der Waals surface area contributed by atoms with Crippen molar-refractivity contribution in [2.45, 2.75) is 43.2 Å². The third-order valence-corrected chi connectivity index (χ3v) is 5.83. The second-order valence-electron chi connectivity index (χ2n) is 8.16. The van der Waals surface area contributed by atoms with E-state index in [9.17, 15) is 31.9 Å². The van der Waals surface area contributed by atoms with Gasteiger partial charge in [0, 0.05) is 24.1 Å². The Morgan fingerprint density at radius 1 is 1.16 bits per heavy atom. The lowest BCUT2D eigenvalue weighted by atomic mass is 9.88. The van der Waals surface area contributed by atoms with E-state index in [2.05, 4.69) is 10.6 Å². The van der Waals surface area contributed by atoms with Gasteiger partial charge in [0.15, 0.2) is 5.60 Å². The molecule has 1 aliphatic heterocycles. The van der Waals surface area contributed by atoms with Gasteiger partial charge >= 0.3 is 12.2 Å². The Kier molecular flexibility index (Phi) is 5.74. The van der Waals surface area contributed by atoms with Crippen LogP contribution < -0.4 is 15.4 Å². The van der Waals surface area contributed by atoms with Gasteiger partial charge in [-0.05, 0) is 35.7 Å². The van der Waals surface area contributed by atoms with Gasteiger partial charge in [0.1, 0.15) is 19.1 Å². The lowest BCUT2D eigenvalue weighted by Crippen LogP contribution is -2.49. The first kappa shape index (κ1) is 22.3. The lowest BCUT2D eigenvalue weighted by molar-refractivity contribution is -0.137. The number of ether oxygens (including phenoxy) is 1. The standard InChI is InChI=1S/C22H21F5N2O3/c23-10-21(11-24)9-18(15-5-4-13(22(25,26)27)7-19(15)32-21)29-20(31)28-17-3-1-2-12-6-14(30)8-16(12)17/h1-5,7,14,18,30H,6,8-11H2,(H2,28,29,31)/t14-,18+/m0/s1. The fourth-order valence-electron chi connectivity index (χ4n) is 4.23. The van der Waals surface area contributed by atoms with E-state index in [4.69, 9.17) is 4.74 Å². The van der Waals surface area contributed by atoms with E-state index in [1.54, 1.807) is 12.1 Å². The number of amides is 2. The molecule has 2 amide bonds. The van der Waals surface area contributed by atoms with Crippen LogP contribution in [0.25, 0.3) is 0 Å². The third kappa shape index (κ3) is 4.23. The molecular weight excluding hydrogens is 435 g/mol. The van der Waals surface area contributed by atoms with Gasteiger partial charge in [-0.15, -0.1) is 0 Å². The maximum Gasteiger partial charge on any atom is 0.416 e. The van der Waals surface area contributed by atoms with Crippen LogP contribution in [0.2, 0.25) is 0 Å². The van der Waals surface area contributed by atoms with Crippen LogP contribution in [0.4, 0.5) is 32.4 Å². The Bertz CT molecular complexity index is 1020. The molecule has 5 nitrogen and oxygen atoms in total. The molecule has 0 spiro atoms. The quantitative estimate of drug-likeness (QED) is 0.594. The van der Waals surface area contributed by atoms with Crippen molar-refractivity contribution in [2.24, 2.45) is 0 Å². The van der Waals surface area contributed by atoms with Crippen LogP contribution in [-0.2, 0) is 19.0 Å². The number of halogens is 5. The fraction of sp³-hybridized carbons (Fsp3) is 0.409. The van der Waals surface area contributed by atoms with Crippen LogP contribution >= 0.6 is 0 Å². The first-order valence-corrected chi connectivity index (χ1v) is 10.0. The highest BCUT2D eigenvalue weighted by Crippen LogP contribution is 2.43. The normalized spacial score (nSPS) is 21.3. The zero-order valence-electron chi connectivity index (χ0n) is 16.8. The molecule has 0 saturated heterocycles. The summed E-state index contributed by atoms with van der Waals surface area (Å²) in [6, 6.07) is 6.23. The topological polar surface area (TPSA) is 70.6 Å². The summed E-state index contributed by atoms with van der Waals surface area (Å²) in [7, 11) is 0. The summed E-state index contributed by atoms with van der Waals surface area (Å²) in [6.07, 6.45) is -4.66. The van der Waals surface area contributed by atoms with Crippen molar-refractivity contribution in [3.8, 4) is 5.75 Å². The largest absolute Gasteiger partial charge is 0.481 e. The molecular formula is C22H21F5N2O3. The molecule has 1 heterocycles. The zero-order chi connectivity index (χ0) is 23.1. The number of carbonyl (C=O) groups excluding carboxylic acids is 1. The molecule has 0 aromatic heterocycles. The van der Waals surface area contributed by atoms with Crippen molar-refractivity contribution in [2.75, 3.05) is 18.7 Å². The molecule has 172 valence electrons. The van der Waals surface area contributed by atoms with Crippen LogP contribution in [-0.4, -0.2) is 36.2 Å². The predicted molar refractivity (Wildman–Crippen MR) is 106 cm³/mol. The summed E-state index contributed by atoms with van der Waals surface area (Å²) in [5.41, 5.74) is -0.642. The zero-order valence-corrected chi connectivity index (χ0v) is 16.8. The van der Waals surface area contributed by atoms with E-state index in [1.807, 2.05) is 6.07 Å².